The summed E-state index contributed by atoms with van der Waals surface area (Å²) in [7, 11) is 0. The summed E-state index contributed by atoms with van der Waals surface area (Å²) in [5.74, 6) is 0.591. The van der Waals surface area contributed by atoms with Gasteiger partial charge in [0.2, 0.25) is 0 Å². The van der Waals surface area contributed by atoms with Crippen molar-refractivity contribution in [2.45, 2.75) is 33.4 Å². The fraction of sp³-hybridized carbons (Fsp3) is 0.219. The number of carbonyl (C=O) groups excluding carboxylic acids is 1. The highest BCUT2D eigenvalue weighted by Crippen LogP contribution is 2.32. The van der Waals surface area contributed by atoms with Crippen LogP contribution >= 0.6 is 22.9 Å². The van der Waals surface area contributed by atoms with Gasteiger partial charge in [0, 0.05) is 22.7 Å². The second kappa shape index (κ2) is 13.3. The van der Waals surface area contributed by atoms with Gasteiger partial charge in [-0.15, -0.1) is 0 Å². The van der Waals surface area contributed by atoms with Crippen molar-refractivity contribution in [3.05, 3.63) is 130 Å². The maximum Gasteiger partial charge on any atom is 0.338 e. The van der Waals surface area contributed by atoms with Gasteiger partial charge in [0.25, 0.3) is 11.2 Å². The summed E-state index contributed by atoms with van der Waals surface area (Å²) in [6.07, 6.45) is 1.68. The normalized spacial score (nSPS) is 14.5. The fourth-order valence-corrected chi connectivity index (χ4v) is 6.02. The molecular formula is C32H28ClN3O7S. The first-order valence-corrected chi connectivity index (χ1v) is 15.0. The fourth-order valence-electron chi connectivity index (χ4n) is 4.80. The average molecular weight is 634 g/mol. The Bertz CT molecular complexity index is 1930. The predicted octanol–water partition coefficient (Wildman–Crippen LogP) is 5.34. The number of non-ortho nitro benzene ring substituents is 1. The Morgan fingerprint density at radius 3 is 2.45 bits per heavy atom. The van der Waals surface area contributed by atoms with Crippen molar-refractivity contribution >= 4 is 40.7 Å². The van der Waals surface area contributed by atoms with Gasteiger partial charge in [-0.2, -0.15) is 0 Å². The molecule has 226 valence electrons. The standard InChI is InChI=1S/C32H28ClN3O7S/c1-4-41-25-13-8-21(9-14-25)29-28(31(38)42-5-2)19(3)34-32-35(29)30(37)27(44-32)17-22-16-23(33)10-15-26(22)43-18-20-6-11-24(12-7-20)36(39)40/h6-17,29H,4-5,18H2,1-3H3/b27-17-/t29-/m0/s1. The van der Waals surface area contributed by atoms with E-state index in [1.807, 2.05) is 19.1 Å². The van der Waals surface area contributed by atoms with Crippen molar-refractivity contribution in [3.8, 4) is 11.5 Å². The van der Waals surface area contributed by atoms with Gasteiger partial charge in [0.05, 0.1) is 40.0 Å². The van der Waals surface area contributed by atoms with Crippen LogP contribution in [0.3, 0.4) is 0 Å². The van der Waals surface area contributed by atoms with E-state index < -0.39 is 16.9 Å². The van der Waals surface area contributed by atoms with E-state index in [2.05, 4.69) is 4.99 Å². The first-order chi connectivity index (χ1) is 21.2. The number of esters is 1. The Hall–Kier alpha value is -4.74. The van der Waals surface area contributed by atoms with Gasteiger partial charge in [-0.1, -0.05) is 35.1 Å². The van der Waals surface area contributed by atoms with Crippen LogP contribution < -0.4 is 24.4 Å². The molecule has 0 saturated carbocycles. The lowest BCUT2D eigenvalue weighted by molar-refractivity contribution is -0.384. The second-order valence-electron chi connectivity index (χ2n) is 9.70. The molecule has 0 N–H and O–H groups in total. The number of benzene rings is 3. The number of fused-ring (bicyclic) bond motifs is 1. The minimum atomic E-state index is -0.764. The van der Waals surface area contributed by atoms with E-state index in [0.29, 0.717) is 49.3 Å². The molecule has 0 radical (unpaired) electrons. The monoisotopic (exact) mass is 633 g/mol. The Kier molecular flexibility index (Phi) is 9.26. The molecule has 10 nitrogen and oxygen atoms in total. The lowest BCUT2D eigenvalue weighted by atomic mass is 9.96. The van der Waals surface area contributed by atoms with E-state index in [0.717, 1.165) is 5.56 Å². The molecule has 1 aromatic heterocycles. The Labute approximate surface area is 261 Å². The van der Waals surface area contributed by atoms with Crippen LogP contribution in [-0.4, -0.2) is 28.7 Å². The van der Waals surface area contributed by atoms with Crippen LogP contribution in [0.1, 0.15) is 43.5 Å². The highest BCUT2D eigenvalue weighted by atomic mass is 35.5. The second-order valence-corrected chi connectivity index (χ2v) is 11.1. The van der Waals surface area contributed by atoms with Crippen LogP contribution in [0.5, 0.6) is 11.5 Å². The topological polar surface area (TPSA) is 122 Å². The van der Waals surface area contributed by atoms with Gasteiger partial charge >= 0.3 is 5.97 Å². The predicted molar refractivity (Wildman–Crippen MR) is 167 cm³/mol. The van der Waals surface area contributed by atoms with Gasteiger partial charge in [0.15, 0.2) is 4.80 Å². The number of allylic oxidation sites excluding steroid dienone is 1. The van der Waals surface area contributed by atoms with E-state index in [1.165, 1.54) is 28.0 Å². The smallest absolute Gasteiger partial charge is 0.338 e. The number of nitrogens with zero attached hydrogens (tertiary/aromatic N) is 3. The number of nitro groups is 1. The highest BCUT2D eigenvalue weighted by Gasteiger charge is 2.33. The van der Waals surface area contributed by atoms with Crippen LogP contribution in [0, 0.1) is 10.1 Å². The molecule has 0 spiro atoms. The van der Waals surface area contributed by atoms with E-state index in [1.54, 1.807) is 62.4 Å². The molecule has 44 heavy (non-hydrogen) atoms. The number of ether oxygens (including phenoxy) is 3. The third-order valence-electron chi connectivity index (χ3n) is 6.82. The van der Waals surface area contributed by atoms with Crippen molar-refractivity contribution in [2.75, 3.05) is 13.2 Å². The van der Waals surface area contributed by atoms with Gasteiger partial charge in [0.1, 0.15) is 18.1 Å². The Morgan fingerprint density at radius 2 is 1.80 bits per heavy atom. The molecule has 0 amide bonds. The molecule has 2 heterocycles. The molecule has 0 bridgehead atoms. The van der Waals surface area contributed by atoms with Gasteiger partial charge in [-0.25, -0.2) is 9.79 Å². The van der Waals surface area contributed by atoms with Crippen molar-refractivity contribution in [1.29, 1.82) is 0 Å². The van der Waals surface area contributed by atoms with Crippen molar-refractivity contribution < 1.29 is 23.9 Å². The minimum Gasteiger partial charge on any atom is -0.494 e. The number of hydrogen-bond acceptors (Lipinski definition) is 9. The lowest BCUT2D eigenvalue weighted by Gasteiger charge is -2.24. The molecular weight excluding hydrogens is 606 g/mol. The number of halogens is 1. The summed E-state index contributed by atoms with van der Waals surface area (Å²) in [6.45, 7) is 6.16. The molecule has 0 saturated heterocycles. The van der Waals surface area contributed by atoms with E-state index >= 15 is 0 Å². The largest absolute Gasteiger partial charge is 0.494 e. The summed E-state index contributed by atoms with van der Waals surface area (Å²) < 4.78 is 18.9. The number of aromatic nitrogens is 1. The van der Waals surface area contributed by atoms with E-state index in [4.69, 9.17) is 25.8 Å². The number of hydrogen-bond donors (Lipinski definition) is 0. The number of carbonyl (C=O) groups is 1. The maximum atomic E-state index is 14.0. The molecule has 12 heteroatoms. The number of thiazole rings is 1. The minimum absolute atomic E-state index is 0.0128. The lowest BCUT2D eigenvalue weighted by Crippen LogP contribution is -2.39. The van der Waals surface area contributed by atoms with Crippen LogP contribution in [-0.2, 0) is 16.1 Å². The van der Waals surface area contributed by atoms with Gasteiger partial charge in [-0.05, 0) is 80.4 Å². The molecule has 0 unspecified atom stereocenters. The third kappa shape index (κ3) is 6.43. The summed E-state index contributed by atoms with van der Waals surface area (Å²) in [5, 5.41) is 11.4. The summed E-state index contributed by atoms with van der Waals surface area (Å²) in [5.41, 5.74) is 2.38. The van der Waals surface area contributed by atoms with Crippen molar-refractivity contribution in [3.63, 3.8) is 0 Å². The molecule has 1 aliphatic heterocycles. The molecule has 4 aromatic rings. The summed E-state index contributed by atoms with van der Waals surface area (Å²) in [6, 6.07) is 17.6. The molecule has 0 aliphatic carbocycles. The van der Waals surface area contributed by atoms with E-state index in [9.17, 15) is 19.7 Å². The zero-order valence-electron chi connectivity index (χ0n) is 24.1. The summed E-state index contributed by atoms with van der Waals surface area (Å²) in [4.78, 5) is 42.7. The van der Waals surface area contributed by atoms with Crippen molar-refractivity contribution in [1.82, 2.24) is 4.57 Å². The molecule has 1 aliphatic rings. The van der Waals surface area contributed by atoms with Crippen LogP contribution in [0.4, 0.5) is 5.69 Å². The van der Waals surface area contributed by atoms with Crippen LogP contribution in [0.15, 0.2) is 87.8 Å². The highest BCUT2D eigenvalue weighted by molar-refractivity contribution is 7.07. The average Bonchev–Trinajstić information content (AvgIpc) is 3.30. The summed E-state index contributed by atoms with van der Waals surface area (Å²) >= 11 is 7.51. The molecule has 1 atom stereocenters. The number of nitro benzene ring substituents is 1. The van der Waals surface area contributed by atoms with Gasteiger partial charge in [-0.3, -0.25) is 19.5 Å². The molecule has 0 fully saturated rings. The first-order valence-electron chi connectivity index (χ1n) is 13.8. The molecule has 3 aromatic carbocycles. The van der Waals surface area contributed by atoms with Crippen LogP contribution in [0.25, 0.3) is 6.08 Å². The SMILES string of the molecule is CCOC(=O)C1=C(C)N=c2s/c(=C\c3cc(Cl)ccc3OCc3ccc([N+](=O)[O-])cc3)c(=O)n2[C@H]1c1ccc(OCC)cc1. The number of rotatable bonds is 10. The molecule has 5 rings (SSSR count). The maximum absolute atomic E-state index is 14.0. The first kappa shape index (κ1) is 30.7. The zero-order chi connectivity index (χ0) is 31.4. The Balaban J connectivity index is 1.57. The van der Waals surface area contributed by atoms with Gasteiger partial charge < -0.3 is 14.2 Å². The van der Waals surface area contributed by atoms with E-state index in [-0.39, 0.29) is 30.0 Å². The van der Waals surface area contributed by atoms with Crippen molar-refractivity contribution in [2.24, 2.45) is 4.99 Å². The quantitative estimate of drug-likeness (QED) is 0.131. The third-order valence-corrected chi connectivity index (χ3v) is 8.04. The Morgan fingerprint density at radius 1 is 1.07 bits per heavy atom. The zero-order valence-corrected chi connectivity index (χ0v) is 25.7. The van der Waals surface area contributed by atoms with Crippen LogP contribution in [0.2, 0.25) is 5.02 Å².